The number of esters is 1. The molecular weight excluding hydrogens is 1480 g/mol. The van der Waals surface area contributed by atoms with Gasteiger partial charge in [0.05, 0.1) is 66.0 Å². The smallest absolute Gasteiger partial charge is 0.481 e. The number of aryl methyl sites for hydroxylation is 1. The summed E-state index contributed by atoms with van der Waals surface area (Å²) in [7, 11) is 1.96. The van der Waals surface area contributed by atoms with Crippen molar-refractivity contribution < 1.29 is 102 Å². The SMILES string of the molecule is C/C(=C\c1csc(C)n1)[C@@H]1CC2C(CCC[C@H](C)[C@H](O)[C@@H](C)C(=O)C(C)(C)[C@@H](O)CC(=O)O1)N2CCOC(=O)OCCSSCC(NC(=O)[C@H](CC(=O)O)NC(=O)[C@H](CCCN=C(N)N)NC(=O)[C@H](CC(=O)O)NC(=O)CC[C@H](NC(=O)c1ccc(NCc2cnc3nc(N)[nH]c(=O)c3n2)cc1)C(=O)O)C(=O)O. The van der Waals surface area contributed by atoms with E-state index < -0.39 is 163 Å². The van der Waals surface area contributed by atoms with Crippen LogP contribution in [0.2, 0.25) is 0 Å². The molecule has 13 atom stereocenters. The zero-order chi connectivity index (χ0) is 79.7. The summed E-state index contributed by atoms with van der Waals surface area (Å²) in [6, 6.07) is -3.57. The van der Waals surface area contributed by atoms with E-state index in [9.17, 15) is 93.0 Å². The number of aliphatic carboxylic acids is 4. The zero-order valence-corrected chi connectivity index (χ0v) is 62.5. The van der Waals surface area contributed by atoms with Crippen LogP contribution in [0.25, 0.3) is 17.2 Å². The first-order valence-corrected chi connectivity index (χ1v) is 37.7. The molecule has 108 heavy (non-hydrogen) atoms. The number of aliphatic imine (C=N–C) groups is 1. The van der Waals surface area contributed by atoms with Crippen molar-refractivity contribution in [3.8, 4) is 0 Å². The average molecular weight is 1570 g/mol. The van der Waals surface area contributed by atoms with Gasteiger partial charge in [-0.25, -0.2) is 29.3 Å². The summed E-state index contributed by atoms with van der Waals surface area (Å²) in [6.07, 6.45) is -3.16. The highest BCUT2D eigenvalue weighted by atomic mass is 33.1. The molecule has 1 aromatic carbocycles. The standard InChI is InChI=1S/C67H92N16O22S3/c1-32-9-7-11-45-46(26-47(33(2)23-38-30-106-35(4)74-38)105-52(90)27-48(84)67(5,6)55(92)34(3)54(32)91)83(45)19-20-103-66(102)104-21-22-107-108-31-44(63(100)101)80-60(96)43(25-51(88)89)79-58(94)40(10-8-18-71-64(68)69)77-59(95)42(24-50(86)87)76-49(85)17-16-41(62(98)99)78-57(93)36-12-14-37(15-13-36)72-28-39-29-73-56-53(75-39)61(97)82-65(70)81-56/h12-15,23,29-30,32,34,40-48,54,72,84,91H,7-11,16-22,24-28,31H2,1-6H3,(H,76,85)(H,77,95)(H,78,93)(H,79,94)(H,80,96)(H,86,87)(H,88,89)(H,98,99)(H,100,101)(H4,68,69,71)(H3,70,73,81,82,97)/b33-23+/t32-,34+,40-,41-,42-,43-,44?,45?,46?,47-,48-,54-,83?/m0/s1. The van der Waals surface area contributed by atoms with Crippen molar-refractivity contribution in [3.05, 3.63) is 73.7 Å². The van der Waals surface area contributed by atoms with Crippen LogP contribution in [0.4, 0.5) is 16.4 Å². The Labute approximate surface area is 630 Å². The van der Waals surface area contributed by atoms with Crippen LogP contribution in [0.3, 0.4) is 0 Å². The molecule has 4 unspecified atom stereocenters. The molecule has 5 heterocycles. The molecule has 590 valence electrons. The van der Waals surface area contributed by atoms with E-state index in [4.69, 9.17) is 31.4 Å². The van der Waals surface area contributed by atoms with E-state index in [1.165, 1.54) is 41.8 Å². The number of amides is 5. The number of rotatable bonds is 36. The molecule has 2 aliphatic heterocycles. The number of H-pyrrole nitrogens is 1. The number of hydrogen-bond donors (Lipinski definition) is 16. The number of benzene rings is 1. The second-order valence-corrected chi connectivity index (χ2v) is 30.1. The maximum Gasteiger partial charge on any atom is 0.508 e. The van der Waals surface area contributed by atoms with Crippen LogP contribution in [0, 0.1) is 24.2 Å². The average Bonchev–Trinajstić information content (AvgIpc) is 1.61. The number of hydrogen-bond acceptors (Lipinski definition) is 29. The molecule has 0 saturated carbocycles. The summed E-state index contributed by atoms with van der Waals surface area (Å²) in [5, 5.41) is 78.9. The van der Waals surface area contributed by atoms with E-state index in [0.29, 0.717) is 48.3 Å². The number of cyclic esters (lactones) is 1. The van der Waals surface area contributed by atoms with Crippen LogP contribution in [0.1, 0.15) is 132 Å². The number of aromatic amines is 1. The summed E-state index contributed by atoms with van der Waals surface area (Å²) in [5.74, 6) is -15.1. The quantitative estimate of drug-likeness (QED) is 0.00748. The number of carboxylic acid groups (broad SMARTS) is 4. The summed E-state index contributed by atoms with van der Waals surface area (Å²) in [6.45, 7) is 10.1. The second kappa shape index (κ2) is 41.3. The molecule has 0 bridgehead atoms. The Morgan fingerprint density at radius 1 is 0.815 bits per heavy atom. The molecule has 0 spiro atoms. The number of carbonyl (C=O) groups excluding carboxylic acids is 8. The minimum absolute atomic E-state index is 0.000727. The molecule has 0 aliphatic carbocycles. The van der Waals surface area contributed by atoms with E-state index in [1.807, 2.05) is 32.2 Å². The number of aliphatic hydroxyl groups is 2. The number of anilines is 2. The first kappa shape index (κ1) is 86.8. The summed E-state index contributed by atoms with van der Waals surface area (Å²) >= 11 is 1.45. The zero-order valence-electron chi connectivity index (χ0n) is 60.1. The van der Waals surface area contributed by atoms with Gasteiger partial charge in [-0.05, 0) is 87.8 Å². The number of nitrogens with zero attached hydrogens (tertiary/aromatic N) is 6. The Bertz CT molecular complexity index is 4010. The Balaban J connectivity index is 0.985. The number of Topliss-reactive ketones (excluding diaryl/α,β-unsaturated/α-hetero) is 1. The number of aromatic nitrogens is 5. The van der Waals surface area contributed by atoms with E-state index >= 15 is 0 Å². The van der Waals surface area contributed by atoms with E-state index in [1.54, 1.807) is 20.8 Å². The fourth-order valence-electron chi connectivity index (χ4n) is 11.7. The van der Waals surface area contributed by atoms with Crippen molar-refractivity contribution in [2.45, 2.75) is 179 Å². The third-order valence-electron chi connectivity index (χ3n) is 17.8. The van der Waals surface area contributed by atoms with Gasteiger partial charge in [-0.3, -0.25) is 62.8 Å². The van der Waals surface area contributed by atoms with Crippen molar-refractivity contribution in [3.63, 3.8) is 0 Å². The van der Waals surface area contributed by atoms with Gasteiger partial charge in [0, 0.05) is 72.1 Å². The van der Waals surface area contributed by atoms with Crippen molar-refractivity contribution in [1.29, 1.82) is 0 Å². The van der Waals surface area contributed by atoms with Crippen molar-refractivity contribution >= 4 is 139 Å². The number of thiazole rings is 1. The van der Waals surface area contributed by atoms with Gasteiger partial charge in [-0.1, -0.05) is 55.7 Å². The van der Waals surface area contributed by atoms with Crippen molar-refractivity contribution in [1.82, 2.24) is 56.4 Å². The third-order valence-corrected chi connectivity index (χ3v) is 21.0. The molecule has 19 N–H and O–H groups in total. The molecular formula is C67H92N16O22S3. The number of carboxylic acids is 4. The van der Waals surface area contributed by atoms with Gasteiger partial charge >= 0.3 is 36.0 Å². The number of ether oxygens (including phenoxy) is 3. The number of aliphatic hydroxyl groups excluding tert-OH is 2. The number of guanidine groups is 1. The van der Waals surface area contributed by atoms with Gasteiger partial charge in [0.1, 0.15) is 55.3 Å². The number of nitrogen functional groups attached to an aromatic ring is 1. The van der Waals surface area contributed by atoms with Crippen LogP contribution in [0.15, 0.2) is 51.2 Å². The fourth-order valence-corrected chi connectivity index (χ4v) is 14.3. The minimum Gasteiger partial charge on any atom is -0.481 e. The fraction of sp³-hybridized carbons (Fsp3) is 0.552. The lowest BCUT2D eigenvalue weighted by molar-refractivity contribution is -0.155. The highest BCUT2D eigenvalue weighted by Gasteiger charge is 2.49. The molecule has 3 aromatic heterocycles. The molecule has 0 radical (unpaired) electrons. The Morgan fingerprint density at radius 3 is 2.09 bits per heavy atom. The maximum atomic E-state index is 14.0. The Hall–Kier alpha value is -10.1. The summed E-state index contributed by atoms with van der Waals surface area (Å²) in [5.41, 5.74) is 16.7. The largest absolute Gasteiger partial charge is 0.508 e. The van der Waals surface area contributed by atoms with E-state index in [2.05, 4.69) is 66.7 Å². The molecule has 2 fully saturated rings. The Kier molecular flexibility index (Phi) is 33.2. The first-order valence-electron chi connectivity index (χ1n) is 34.3. The Morgan fingerprint density at radius 2 is 1.45 bits per heavy atom. The highest BCUT2D eigenvalue weighted by Crippen LogP contribution is 2.39. The van der Waals surface area contributed by atoms with Gasteiger partial charge in [0.15, 0.2) is 17.1 Å². The lowest BCUT2D eigenvalue weighted by Gasteiger charge is -2.34. The maximum absolute atomic E-state index is 14.0. The molecule has 5 amide bonds. The second-order valence-electron chi connectivity index (χ2n) is 26.4. The third kappa shape index (κ3) is 27.3. The van der Waals surface area contributed by atoms with E-state index in [-0.39, 0.29) is 110 Å². The first-order chi connectivity index (χ1) is 51.0. The number of nitrogens with one attached hydrogen (secondary N) is 7. The summed E-state index contributed by atoms with van der Waals surface area (Å²) in [4.78, 5) is 194. The van der Waals surface area contributed by atoms with Crippen LogP contribution in [-0.4, -0.2) is 236 Å². The molecule has 4 aromatic rings. The normalized spacial score (nSPS) is 20.9. The number of carbonyl (C=O) groups is 12. The highest BCUT2D eigenvalue weighted by molar-refractivity contribution is 8.76. The van der Waals surface area contributed by atoms with Gasteiger partial charge in [0.25, 0.3) is 11.5 Å². The summed E-state index contributed by atoms with van der Waals surface area (Å²) < 4.78 is 16.7. The van der Waals surface area contributed by atoms with Crippen LogP contribution in [-0.2, 0) is 68.7 Å². The topological polar surface area (TPSA) is 604 Å². The molecule has 41 heteroatoms. The minimum atomic E-state index is -2.00. The van der Waals surface area contributed by atoms with Crippen LogP contribution >= 0.6 is 32.9 Å². The molecule has 2 aliphatic rings. The van der Waals surface area contributed by atoms with Gasteiger partial charge < -0.3 is 94.0 Å². The van der Waals surface area contributed by atoms with E-state index in [0.717, 1.165) is 26.6 Å². The molecule has 2 saturated heterocycles. The lowest BCUT2D eigenvalue weighted by atomic mass is 9.73. The number of nitrogens with two attached hydrogens (primary N) is 3. The van der Waals surface area contributed by atoms with Gasteiger partial charge in [-0.2, -0.15) is 4.98 Å². The predicted molar refractivity (Wildman–Crippen MR) is 393 cm³/mol. The lowest BCUT2D eigenvalue weighted by Crippen LogP contribution is -2.58. The van der Waals surface area contributed by atoms with Gasteiger partial charge in [-0.15, -0.1) is 11.3 Å². The van der Waals surface area contributed by atoms with Crippen LogP contribution < -0.4 is 54.7 Å². The van der Waals surface area contributed by atoms with Crippen LogP contribution in [0.5, 0.6) is 0 Å². The molecule has 6 rings (SSSR count). The predicted octanol–water partition coefficient (Wildman–Crippen LogP) is 0.818. The van der Waals surface area contributed by atoms with Crippen molar-refractivity contribution in [2.24, 2.45) is 33.7 Å². The number of ketones is 1. The molecule has 38 nitrogen and oxygen atoms in total. The van der Waals surface area contributed by atoms with Gasteiger partial charge in [0.2, 0.25) is 29.6 Å². The number of fused-ring (bicyclic) bond motifs is 2. The van der Waals surface area contributed by atoms with Crippen molar-refractivity contribution in [2.75, 3.05) is 48.9 Å². The monoisotopic (exact) mass is 1570 g/mol.